The van der Waals surface area contributed by atoms with Crippen LogP contribution in [0.3, 0.4) is 0 Å². The molecule has 26 heavy (non-hydrogen) atoms. The second kappa shape index (κ2) is 7.49. The highest BCUT2D eigenvalue weighted by atomic mass is 16.6. The number of carbonyl (C=O) groups excluding carboxylic acids is 1. The Morgan fingerprint density at radius 2 is 1.92 bits per heavy atom. The summed E-state index contributed by atoms with van der Waals surface area (Å²) < 4.78 is 0. The molecule has 1 aromatic rings. The second-order valence-electron chi connectivity index (χ2n) is 7.38. The number of rotatable bonds is 5. The number of amides is 1. The van der Waals surface area contributed by atoms with Gasteiger partial charge in [0, 0.05) is 32.2 Å². The van der Waals surface area contributed by atoms with Crippen molar-refractivity contribution in [1.82, 2.24) is 5.32 Å². The molecule has 0 radical (unpaired) electrons. The molecular weight excluding hydrogens is 336 g/mol. The molecule has 1 saturated carbocycles. The molecule has 1 aromatic carbocycles. The van der Waals surface area contributed by atoms with Gasteiger partial charge >= 0.3 is 0 Å². The number of hydrogen-bond acceptors (Lipinski definition) is 6. The molecule has 1 aliphatic carbocycles. The van der Waals surface area contributed by atoms with E-state index in [1.807, 2.05) is 4.90 Å². The Kier molecular flexibility index (Phi) is 5.31. The van der Waals surface area contributed by atoms with Crippen LogP contribution in [0.2, 0.25) is 0 Å². The number of β-amino-alcohol motifs (C(OH)–C–C–N with tert-alkyl or cyclic N) is 1. The maximum absolute atomic E-state index is 12.9. The fourth-order valence-electron chi connectivity index (χ4n) is 3.69. The molecule has 2 aliphatic rings. The molecule has 3 N–H and O–H groups in total. The first kappa shape index (κ1) is 18.4. The standard InChI is InChI=1S/C18H26N4O4/c1-11-3-5-12(6-4-11)20-18(24)14-7-17(22(25)26)15(19-2)8-16(14)21-9-13(23)10-21/h7-8,11-13,19,23H,3-6,9-10H2,1-2H3,(H,20,24). The highest BCUT2D eigenvalue weighted by Gasteiger charge is 2.31. The minimum atomic E-state index is -0.486. The van der Waals surface area contributed by atoms with Crippen LogP contribution in [0.4, 0.5) is 17.1 Å². The zero-order valence-corrected chi connectivity index (χ0v) is 15.2. The van der Waals surface area contributed by atoms with Gasteiger partial charge in [0.1, 0.15) is 5.69 Å². The highest BCUT2D eigenvalue weighted by Crippen LogP contribution is 2.35. The topological polar surface area (TPSA) is 108 Å². The van der Waals surface area contributed by atoms with Gasteiger partial charge in [-0.25, -0.2) is 0 Å². The van der Waals surface area contributed by atoms with E-state index in [-0.39, 0.29) is 17.6 Å². The van der Waals surface area contributed by atoms with E-state index >= 15 is 0 Å². The Morgan fingerprint density at radius 1 is 1.27 bits per heavy atom. The third-order valence-corrected chi connectivity index (χ3v) is 5.38. The van der Waals surface area contributed by atoms with Gasteiger partial charge < -0.3 is 20.6 Å². The van der Waals surface area contributed by atoms with Gasteiger partial charge in [-0.1, -0.05) is 6.92 Å². The van der Waals surface area contributed by atoms with Gasteiger partial charge in [-0.2, -0.15) is 0 Å². The molecule has 3 rings (SSSR count). The fraction of sp³-hybridized carbons (Fsp3) is 0.611. The first-order chi connectivity index (χ1) is 12.4. The molecule has 2 fully saturated rings. The van der Waals surface area contributed by atoms with Crippen molar-refractivity contribution in [1.29, 1.82) is 0 Å². The van der Waals surface area contributed by atoms with Crippen molar-refractivity contribution in [3.63, 3.8) is 0 Å². The Morgan fingerprint density at radius 3 is 2.46 bits per heavy atom. The first-order valence-electron chi connectivity index (χ1n) is 9.13. The van der Waals surface area contributed by atoms with Gasteiger partial charge in [-0.05, 0) is 37.7 Å². The summed E-state index contributed by atoms with van der Waals surface area (Å²) in [7, 11) is 1.61. The molecule has 0 unspecified atom stereocenters. The summed E-state index contributed by atoms with van der Waals surface area (Å²) in [6, 6.07) is 3.07. The Balaban J connectivity index is 1.88. The van der Waals surface area contributed by atoms with Gasteiger partial charge in [0.15, 0.2) is 0 Å². The summed E-state index contributed by atoms with van der Waals surface area (Å²) in [6.07, 6.45) is 3.59. The molecule has 1 saturated heterocycles. The van der Waals surface area contributed by atoms with E-state index in [1.54, 1.807) is 13.1 Å². The van der Waals surface area contributed by atoms with E-state index in [9.17, 15) is 20.0 Å². The summed E-state index contributed by atoms with van der Waals surface area (Å²) >= 11 is 0. The van der Waals surface area contributed by atoms with Crippen molar-refractivity contribution in [2.45, 2.75) is 44.8 Å². The number of nitro benzene ring substituents is 1. The van der Waals surface area contributed by atoms with Gasteiger partial charge in [0.2, 0.25) is 0 Å². The van der Waals surface area contributed by atoms with Crippen LogP contribution in [0.15, 0.2) is 12.1 Å². The molecule has 0 spiro atoms. The second-order valence-corrected chi connectivity index (χ2v) is 7.38. The number of nitrogens with one attached hydrogen (secondary N) is 2. The Labute approximate surface area is 152 Å². The van der Waals surface area contributed by atoms with Gasteiger partial charge in [0.25, 0.3) is 11.6 Å². The van der Waals surface area contributed by atoms with Crippen LogP contribution >= 0.6 is 0 Å². The predicted molar refractivity (Wildman–Crippen MR) is 99.7 cm³/mol. The molecule has 8 heteroatoms. The number of aliphatic hydroxyl groups excluding tert-OH is 1. The van der Waals surface area contributed by atoms with Crippen molar-refractivity contribution >= 4 is 23.0 Å². The van der Waals surface area contributed by atoms with Crippen molar-refractivity contribution in [2.24, 2.45) is 5.92 Å². The number of anilines is 2. The smallest absolute Gasteiger partial charge is 0.293 e. The van der Waals surface area contributed by atoms with E-state index < -0.39 is 11.0 Å². The number of hydrogen-bond donors (Lipinski definition) is 3. The van der Waals surface area contributed by atoms with Crippen LogP contribution in [0, 0.1) is 16.0 Å². The van der Waals surface area contributed by atoms with Crippen LogP contribution < -0.4 is 15.5 Å². The zero-order valence-electron chi connectivity index (χ0n) is 15.2. The maximum Gasteiger partial charge on any atom is 0.293 e. The lowest BCUT2D eigenvalue weighted by molar-refractivity contribution is -0.383. The molecule has 0 bridgehead atoms. The molecule has 1 heterocycles. The van der Waals surface area contributed by atoms with E-state index in [4.69, 9.17) is 0 Å². The van der Waals surface area contributed by atoms with Crippen LogP contribution in [-0.2, 0) is 0 Å². The normalized spacial score (nSPS) is 23.3. The van der Waals surface area contributed by atoms with Gasteiger partial charge in [0.05, 0.1) is 22.3 Å². The highest BCUT2D eigenvalue weighted by molar-refractivity contribution is 6.02. The first-order valence-corrected chi connectivity index (χ1v) is 9.13. The molecule has 142 valence electrons. The lowest BCUT2D eigenvalue weighted by Gasteiger charge is -2.39. The van der Waals surface area contributed by atoms with Crippen molar-refractivity contribution < 1.29 is 14.8 Å². The number of carbonyl (C=O) groups is 1. The van der Waals surface area contributed by atoms with Crippen molar-refractivity contribution in [3.05, 3.63) is 27.8 Å². The predicted octanol–water partition coefficient (Wildman–Crippen LogP) is 2.13. The molecule has 0 aromatic heterocycles. The minimum absolute atomic E-state index is 0.108. The molecule has 8 nitrogen and oxygen atoms in total. The maximum atomic E-state index is 12.9. The third-order valence-electron chi connectivity index (χ3n) is 5.38. The monoisotopic (exact) mass is 362 g/mol. The average molecular weight is 362 g/mol. The SMILES string of the molecule is CNc1cc(N2CC(O)C2)c(C(=O)NC2CCC(C)CC2)cc1[N+](=O)[O-]. The third kappa shape index (κ3) is 3.75. The summed E-state index contributed by atoms with van der Waals surface area (Å²) in [5, 5.41) is 26.8. The van der Waals surface area contributed by atoms with Crippen molar-refractivity contribution in [2.75, 3.05) is 30.4 Å². The van der Waals surface area contributed by atoms with Crippen LogP contribution in [0.5, 0.6) is 0 Å². The molecule has 1 aliphatic heterocycles. The van der Waals surface area contributed by atoms with E-state index in [0.29, 0.717) is 35.9 Å². The van der Waals surface area contributed by atoms with Crippen molar-refractivity contribution in [3.8, 4) is 0 Å². The fourth-order valence-corrected chi connectivity index (χ4v) is 3.69. The van der Waals surface area contributed by atoms with E-state index in [0.717, 1.165) is 25.7 Å². The summed E-state index contributed by atoms with van der Waals surface area (Å²) in [5.41, 5.74) is 1.14. The summed E-state index contributed by atoms with van der Waals surface area (Å²) in [5.74, 6) is 0.393. The summed E-state index contributed by atoms with van der Waals surface area (Å²) in [6.45, 7) is 3.05. The molecule has 1 amide bonds. The number of nitrogens with zero attached hydrogens (tertiary/aromatic N) is 2. The molecule has 0 atom stereocenters. The largest absolute Gasteiger partial charge is 0.389 e. The van der Waals surface area contributed by atoms with Crippen LogP contribution in [0.25, 0.3) is 0 Å². The Hall–Kier alpha value is -2.35. The van der Waals surface area contributed by atoms with Crippen LogP contribution in [-0.4, -0.2) is 48.2 Å². The quantitative estimate of drug-likeness (QED) is 0.547. The minimum Gasteiger partial charge on any atom is -0.389 e. The molecular formula is C18H26N4O4. The van der Waals surface area contributed by atoms with Gasteiger partial charge in [-0.15, -0.1) is 0 Å². The average Bonchev–Trinajstić information content (AvgIpc) is 2.59. The number of nitro groups is 1. The van der Waals surface area contributed by atoms with E-state index in [1.165, 1.54) is 6.07 Å². The van der Waals surface area contributed by atoms with Gasteiger partial charge in [-0.3, -0.25) is 14.9 Å². The lowest BCUT2D eigenvalue weighted by atomic mass is 9.87. The Bertz CT molecular complexity index is 695. The number of aliphatic hydroxyl groups is 1. The lowest BCUT2D eigenvalue weighted by Crippen LogP contribution is -2.51. The van der Waals surface area contributed by atoms with Crippen LogP contribution in [0.1, 0.15) is 43.0 Å². The number of benzene rings is 1. The van der Waals surface area contributed by atoms with E-state index in [2.05, 4.69) is 17.6 Å². The summed E-state index contributed by atoms with van der Waals surface area (Å²) in [4.78, 5) is 25.6. The zero-order chi connectivity index (χ0) is 18.8.